The number of anilines is 1. The van der Waals surface area contributed by atoms with Crippen LogP contribution in [-0.2, 0) is 16.6 Å². The molecule has 1 aromatic heterocycles. The molecule has 27 heavy (non-hydrogen) atoms. The van der Waals surface area contributed by atoms with Crippen molar-refractivity contribution < 1.29 is 14.3 Å². The summed E-state index contributed by atoms with van der Waals surface area (Å²) in [6.07, 6.45) is 2.41. The Kier molecular flexibility index (Phi) is 4.90. The number of aryl methyl sites for hydroxylation is 1. The second-order valence-electron chi connectivity index (χ2n) is 8.28. The van der Waals surface area contributed by atoms with Crippen LogP contribution in [0.3, 0.4) is 0 Å². The molecule has 0 unspecified atom stereocenters. The summed E-state index contributed by atoms with van der Waals surface area (Å²) in [7, 11) is 1.98. The Morgan fingerprint density at radius 1 is 1.19 bits per heavy atom. The molecule has 2 aromatic rings. The first-order valence-corrected chi connectivity index (χ1v) is 9.21. The average molecular weight is 372 g/mol. The van der Waals surface area contributed by atoms with E-state index in [9.17, 15) is 9.59 Å². The molecule has 0 radical (unpaired) electrons. The van der Waals surface area contributed by atoms with E-state index in [1.54, 1.807) is 4.90 Å². The van der Waals surface area contributed by atoms with E-state index in [-0.39, 0.29) is 12.0 Å². The largest absolute Gasteiger partial charge is 0.444 e. The number of nitrogens with one attached hydrogen (secondary N) is 1. The predicted molar refractivity (Wildman–Crippen MR) is 106 cm³/mol. The number of piperidine rings is 1. The quantitative estimate of drug-likeness (QED) is 0.848. The SMILES string of the molecule is Cn1ccc2cc(NC(=O)C3(N)CCN(C(=O)OC(C)(C)C)CC3)ccc21. The number of amides is 2. The minimum atomic E-state index is -0.996. The molecule has 1 aromatic carbocycles. The Labute approximate surface area is 159 Å². The zero-order chi connectivity index (χ0) is 19.8. The van der Waals surface area contributed by atoms with Gasteiger partial charge in [0.1, 0.15) is 5.60 Å². The van der Waals surface area contributed by atoms with Crippen molar-refractivity contribution in [3.63, 3.8) is 0 Å². The molecular formula is C20H28N4O3. The summed E-state index contributed by atoms with van der Waals surface area (Å²) in [6, 6.07) is 7.79. The van der Waals surface area contributed by atoms with Crippen molar-refractivity contribution in [2.45, 2.75) is 44.8 Å². The number of hydrogen-bond acceptors (Lipinski definition) is 4. The summed E-state index contributed by atoms with van der Waals surface area (Å²) in [4.78, 5) is 26.5. The summed E-state index contributed by atoms with van der Waals surface area (Å²) >= 11 is 0. The molecule has 146 valence electrons. The van der Waals surface area contributed by atoms with Crippen LogP contribution in [-0.4, -0.2) is 45.7 Å². The lowest BCUT2D eigenvalue weighted by Gasteiger charge is -2.38. The summed E-state index contributed by atoms with van der Waals surface area (Å²) in [6.45, 7) is 6.30. The van der Waals surface area contributed by atoms with Gasteiger partial charge in [-0.05, 0) is 57.9 Å². The lowest BCUT2D eigenvalue weighted by Crippen LogP contribution is -2.58. The molecule has 1 saturated heterocycles. The highest BCUT2D eigenvalue weighted by atomic mass is 16.6. The second-order valence-corrected chi connectivity index (χ2v) is 8.28. The van der Waals surface area contributed by atoms with Crippen LogP contribution in [0.2, 0.25) is 0 Å². The van der Waals surface area contributed by atoms with E-state index in [0.717, 1.165) is 16.6 Å². The molecular weight excluding hydrogens is 344 g/mol. The molecule has 2 heterocycles. The molecule has 0 bridgehead atoms. The maximum atomic E-state index is 12.8. The molecule has 0 saturated carbocycles. The molecule has 3 N–H and O–H groups in total. The summed E-state index contributed by atoms with van der Waals surface area (Å²) in [5.74, 6) is -0.221. The van der Waals surface area contributed by atoms with Gasteiger partial charge in [0, 0.05) is 42.9 Å². The first-order valence-electron chi connectivity index (χ1n) is 9.21. The van der Waals surface area contributed by atoms with Crippen LogP contribution in [0.1, 0.15) is 33.6 Å². The molecule has 1 aliphatic rings. The number of likely N-dealkylation sites (tertiary alicyclic amines) is 1. The Hall–Kier alpha value is -2.54. The minimum absolute atomic E-state index is 0.221. The van der Waals surface area contributed by atoms with Crippen molar-refractivity contribution in [3.05, 3.63) is 30.5 Å². The van der Waals surface area contributed by atoms with Gasteiger partial charge in [0.2, 0.25) is 5.91 Å². The Morgan fingerprint density at radius 2 is 1.85 bits per heavy atom. The topological polar surface area (TPSA) is 89.6 Å². The van der Waals surface area contributed by atoms with Gasteiger partial charge in [-0.2, -0.15) is 0 Å². The maximum absolute atomic E-state index is 12.8. The molecule has 0 spiro atoms. The van der Waals surface area contributed by atoms with Crippen LogP contribution >= 0.6 is 0 Å². The third-order valence-corrected chi connectivity index (χ3v) is 4.90. The smallest absolute Gasteiger partial charge is 0.410 e. The van der Waals surface area contributed by atoms with E-state index < -0.39 is 11.1 Å². The van der Waals surface area contributed by atoms with Crippen LogP contribution in [0, 0.1) is 0 Å². The number of carbonyl (C=O) groups excluding carboxylic acids is 2. The van der Waals surface area contributed by atoms with Crippen LogP contribution in [0.5, 0.6) is 0 Å². The summed E-state index contributed by atoms with van der Waals surface area (Å²) in [5.41, 5.74) is 6.64. The van der Waals surface area contributed by atoms with Gasteiger partial charge in [0.25, 0.3) is 0 Å². The molecule has 0 aliphatic carbocycles. The molecule has 7 nitrogen and oxygen atoms in total. The molecule has 0 atom stereocenters. The zero-order valence-corrected chi connectivity index (χ0v) is 16.4. The van der Waals surface area contributed by atoms with Gasteiger partial charge in [-0.1, -0.05) is 0 Å². The van der Waals surface area contributed by atoms with Crippen molar-refractivity contribution in [2.24, 2.45) is 12.8 Å². The van der Waals surface area contributed by atoms with E-state index in [1.165, 1.54) is 0 Å². The summed E-state index contributed by atoms with van der Waals surface area (Å²) in [5, 5.41) is 3.98. The average Bonchev–Trinajstić information content (AvgIpc) is 2.94. The van der Waals surface area contributed by atoms with Crippen molar-refractivity contribution in [1.82, 2.24) is 9.47 Å². The van der Waals surface area contributed by atoms with E-state index in [2.05, 4.69) is 5.32 Å². The van der Waals surface area contributed by atoms with Crippen molar-refractivity contribution in [2.75, 3.05) is 18.4 Å². The highest BCUT2D eigenvalue weighted by molar-refractivity contribution is 5.99. The first kappa shape index (κ1) is 19.2. The van der Waals surface area contributed by atoms with Crippen molar-refractivity contribution in [3.8, 4) is 0 Å². The predicted octanol–water partition coefficient (Wildman–Crippen LogP) is 2.85. The zero-order valence-electron chi connectivity index (χ0n) is 16.4. The molecule has 2 amide bonds. The van der Waals surface area contributed by atoms with E-state index in [0.29, 0.717) is 25.9 Å². The fourth-order valence-corrected chi connectivity index (χ4v) is 3.26. The van der Waals surface area contributed by atoms with E-state index >= 15 is 0 Å². The fraction of sp³-hybridized carbons (Fsp3) is 0.500. The lowest BCUT2D eigenvalue weighted by molar-refractivity contribution is -0.122. The monoisotopic (exact) mass is 372 g/mol. The highest BCUT2D eigenvalue weighted by Crippen LogP contribution is 2.25. The van der Waals surface area contributed by atoms with Gasteiger partial charge in [-0.15, -0.1) is 0 Å². The minimum Gasteiger partial charge on any atom is -0.444 e. The molecule has 3 rings (SSSR count). The molecule has 7 heteroatoms. The van der Waals surface area contributed by atoms with E-state index in [1.807, 2.05) is 62.8 Å². The lowest BCUT2D eigenvalue weighted by atomic mass is 9.87. The Morgan fingerprint density at radius 3 is 2.48 bits per heavy atom. The van der Waals surface area contributed by atoms with Gasteiger partial charge in [0.15, 0.2) is 0 Å². The standard InChI is InChI=1S/C20H28N4O3/c1-19(2,3)27-18(26)24-11-8-20(21,9-12-24)17(25)22-15-5-6-16-14(13-15)7-10-23(16)4/h5-7,10,13H,8-9,11-12,21H2,1-4H3,(H,22,25). The second kappa shape index (κ2) is 6.88. The number of ether oxygens (including phenoxy) is 1. The number of hydrogen-bond donors (Lipinski definition) is 2. The fourth-order valence-electron chi connectivity index (χ4n) is 3.26. The number of nitrogens with two attached hydrogens (primary N) is 1. The number of nitrogens with zero attached hydrogens (tertiary/aromatic N) is 2. The van der Waals surface area contributed by atoms with Gasteiger partial charge in [-0.3, -0.25) is 4.79 Å². The number of benzene rings is 1. The Bertz CT molecular complexity index is 858. The molecule has 1 fully saturated rings. The van der Waals surface area contributed by atoms with E-state index in [4.69, 9.17) is 10.5 Å². The normalized spacial score (nSPS) is 17.0. The van der Waals surface area contributed by atoms with Gasteiger partial charge < -0.3 is 25.3 Å². The number of aromatic nitrogens is 1. The van der Waals surface area contributed by atoms with Crippen LogP contribution in [0.25, 0.3) is 10.9 Å². The Balaban J connectivity index is 1.62. The number of carbonyl (C=O) groups is 2. The van der Waals surface area contributed by atoms with Crippen molar-refractivity contribution in [1.29, 1.82) is 0 Å². The van der Waals surface area contributed by atoms with Crippen molar-refractivity contribution >= 4 is 28.6 Å². The summed E-state index contributed by atoms with van der Waals surface area (Å²) < 4.78 is 7.41. The third-order valence-electron chi connectivity index (χ3n) is 4.90. The van der Waals surface area contributed by atoms with Crippen LogP contribution in [0.15, 0.2) is 30.5 Å². The first-order chi connectivity index (χ1) is 12.6. The molecule has 1 aliphatic heterocycles. The van der Waals surface area contributed by atoms with Gasteiger partial charge >= 0.3 is 6.09 Å². The van der Waals surface area contributed by atoms with Crippen LogP contribution in [0.4, 0.5) is 10.5 Å². The van der Waals surface area contributed by atoms with Gasteiger partial charge in [0.05, 0.1) is 5.54 Å². The van der Waals surface area contributed by atoms with Gasteiger partial charge in [-0.25, -0.2) is 4.79 Å². The number of rotatable bonds is 2. The number of fused-ring (bicyclic) bond motifs is 1. The maximum Gasteiger partial charge on any atom is 0.410 e. The highest BCUT2D eigenvalue weighted by Gasteiger charge is 2.39. The van der Waals surface area contributed by atoms with Crippen LogP contribution < -0.4 is 11.1 Å². The third kappa shape index (κ3) is 4.24.